The van der Waals surface area contributed by atoms with E-state index in [1.54, 1.807) is 6.07 Å². The van der Waals surface area contributed by atoms with Gasteiger partial charge in [-0.05, 0) is 30.5 Å². The van der Waals surface area contributed by atoms with Gasteiger partial charge in [0, 0.05) is 48.3 Å². The largest absolute Gasteiger partial charge is 0.404 e. The number of nitrogen functional groups attached to an aromatic ring is 1. The maximum absolute atomic E-state index is 14.1. The Labute approximate surface area is 223 Å². The summed E-state index contributed by atoms with van der Waals surface area (Å²) in [6.45, 7) is -0.199. The van der Waals surface area contributed by atoms with Crippen molar-refractivity contribution in [3.63, 3.8) is 0 Å². The number of nitrogens with two attached hydrogens (primary N) is 1. The summed E-state index contributed by atoms with van der Waals surface area (Å²) < 4.78 is 28.2. The van der Waals surface area contributed by atoms with Gasteiger partial charge in [0.2, 0.25) is 0 Å². The number of amides is 1. The van der Waals surface area contributed by atoms with E-state index in [4.69, 9.17) is 15.7 Å². The highest BCUT2D eigenvalue weighted by atomic mass is 19.1. The number of anilines is 1. The summed E-state index contributed by atoms with van der Waals surface area (Å²) in [6.07, 6.45) is 3.42. The fourth-order valence-corrected chi connectivity index (χ4v) is 3.80. The highest BCUT2D eigenvalue weighted by Crippen LogP contribution is 2.22. The summed E-state index contributed by atoms with van der Waals surface area (Å²) in [5.41, 5.74) is 6.33. The lowest BCUT2D eigenvalue weighted by Gasteiger charge is -2.16. The van der Waals surface area contributed by atoms with Crippen molar-refractivity contribution in [1.29, 1.82) is 0 Å². The molecule has 0 aliphatic rings. The number of unbranched alkanes of at least 4 members (excludes halogenated alkanes) is 2. The number of aromatic nitrogens is 2. The van der Waals surface area contributed by atoms with E-state index in [1.165, 1.54) is 12.3 Å². The van der Waals surface area contributed by atoms with E-state index in [1.807, 2.05) is 30.3 Å². The fourth-order valence-electron chi connectivity index (χ4n) is 3.80. The van der Waals surface area contributed by atoms with Crippen molar-refractivity contribution in [2.75, 3.05) is 12.3 Å². The van der Waals surface area contributed by atoms with Crippen molar-refractivity contribution < 1.29 is 23.5 Å². The van der Waals surface area contributed by atoms with Gasteiger partial charge in [-0.3, -0.25) is 9.59 Å². The topological polar surface area (TPSA) is 119 Å². The number of benzene rings is 2. The van der Waals surface area contributed by atoms with Crippen LogP contribution >= 0.6 is 0 Å². The zero-order valence-corrected chi connectivity index (χ0v) is 20.9. The van der Waals surface area contributed by atoms with Gasteiger partial charge in [-0.15, -0.1) is 4.73 Å². The SMILES string of the molecule is Nc1c(C(=O)NCc2ccc(F)cc2F)c(=O)n(OCc2ccccc2)c2ncc(C#CCCCCO)cc12. The van der Waals surface area contributed by atoms with E-state index in [-0.39, 0.29) is 42.0 Å². The first kappa shape index (κ1) is 27.3. The molecule has 2 aromatic heterocycles. The number of aliphatic hydroxyl groups excluding tert-OH is 1. The van der Waals surface area contributed by atoms with Crippen LogP contribution in [0.2, 0.25) is 0 Å². The molecule has 0 bridgehead atoms. The minimum absolute atomic E-state index is 0.00963. The van der Waals surface area contributed by atoms with Gasteiger partial charge >= 0.3 is 0 Å². The summed E-state index contributed by atoms with van der Waals surface area (Å²) in [6, 6.07) is 13.7. The molecule has 200 valence electrons. The van der Waals surface area contributed by atoms with E-state index in [0.29, 0.717) is 24.5 Å². The van der Waals surface area contributed by atoms with Crippen molar-refractivity contribution in [2.45, 2.75) is 32.4 Å². The molecule has 0 saturated carbocycles. The number of rotatable bonds is 9. The van der Waals surface area contributed by atoms with Crippen LogP contribution in [0, 0.1) is 23.5 Å². The Bertz CT molecular complexity index is 1610. The van der Waals surface area contributed by atoms with Crippen molar-refractivity contribution >= 4 is 22.6 Å². The van der Waals surface area contributed by atoms with Gasteiger partial charge in [0.05, 0.1) is 5.69 Å². The summed E-state index contributed by atoms with van der Waals surface area (Å²) in [5.74, 6) is 3.52. The van der Waals surface area contributed by atoms with E-state index in [2.05, 4.69) is 22.1 Å². The Balaban J connectivity index is 1.72. The van der Waals surface area contributed by atoms with Crippen LogP contribution in [0.3, 0.4) is 0 Å². The molecule has 39 heavy (non-hydrogen) atoms. The van der Waals surface area contributed by atoms with Crippen LogP contribution in [0.1, 0.15) is 46.3 Å². The third-order valence-electron chi connectivity index (χ3n) is 5.84. The average molecular weight is 533 g/mol. The first-order valence-electron chi connectivity index (χ1n) is 12.2. The lowest BCUT2D eigenvalue weighted by molar-refractivity contribution is 0.0898. The summed E-state index contributed by atoms with van der Waals surface area (Å²) >= 11 is 0. The van der Waals surface area contributed by atoms with E-state index < -0.39 is 28.7 Å². The summed E-state index contributed by atoms with van der Waals surface area (Å²) in [4.78, 5) is 36.7. The van der Waals surface area contributed by atoms with Crippen molar-refractivity contribution in [3.05, 3.63) is 105 Å². The molecular weight excluding hydrogens is 506 g/mol. The number of pyridine rings is 2. The van der Waals surface area contributed by atoms with Crippen molar-refractivity contribution in [3.8, 4) is 11.8 Å². The smallest absolute Gasteiger partial charge is 0.300 e. The Morgan fingerprint density at radius 1 is 1.13 bits per heavy atom. The molecule has 2 heterocycles. The van der Waals surface area contributed by atoms with Crippen molar-refractivity contribution in [1.82, 2.24) is 15.0 Å². The van der Waals surface area contributed by atoms with Crippen LogP contribution in [0.25, 0.3) is 11.0 Å². The second-order valence-electron chi connectivity index (χ2n) is 8.64. The van der Waals surface area contributed by atoms with Gasteiger partial charge in [0.15, 0.2) is 5.65 Å². The monoisotopic (exact) mass is 532 g/mol. The minimum atomic E-state index is -0.860. The Kier molecular flexibility index (Phi) is 8.86. The van der Waals surface area contributed by atoms with Crippen LogP contribution in [-0.2, 0) is 13.2 Å². The zero-order chi connectivity index (χ0) is 27.8. The fraction of sp³-hybridized carbons (Fsp3) is 0.207. The molecule has 4 aromatic rings. The molecule has 0 saturated heterocycles. The Morgan fingerprint density at radius 3 is 2.67 bits per heavy atom. The molecule has 8 nitrogen and oxygen atoms in total. The molecule has 0 spiro atoms. The molecule has 1 amide bonds. The second kappa shape index (κ2) is 12.7. The molecule has 0 atom stereocenters. The third-order valence-corrected chi connectivity index (χ3v) is 5.84. The predicted octanol–water partition coefficient (Wildman–Crippen LogP) is 3.33. The number of aliphatic hydroxyl groups is 1. The Hall–Kier alpha value is -4.75. The molecular formula is C29H26F2N4O4. The number of carbonyl (C=O) groups is 1. The molecule has 0 fully saturated rings. The van der Waals surface area contributed by atoms with Gasteiger partial charge < -0.3 is 21.0 Å². The predicted molar refractivity (Wildman–Crippen MR) is 142 cm³/mol. The molecule has 0 aliphatic carbocycles. The van der Waals surface area contributed by atoms with Crippen LogP contribution in [0.4, 0.5) is 14.5 Å². The van der Waals surface area contributed by atoms with Gasteiger partial charge in [0.25, 0.3) is 11.5 Å². The van der Waals surface area contributed by atoms with Gasteiger partial charge in [0.1, 0.15) is 23.8 Å². The molecule has 4 rings (SSSR count). The number of carbonyl (C=O) groups excluding carboxylic acids is 1. The lowest BCUT2D eigenvalue weighted by atomic mass is 10.1. The zero-order valence-electron chi connectivity index (χ0n) is 20.9. The average Bonchev–Trinajstić information content (AvgIpc) is 2.93. The molecule has 0 radical (unpaired) electrons. The van der Waals surface area contributed by atoms with Crippen LogP contribution < -0.4 is 21.4 Å². The maximum Gasteiger partial charge on any atom is 0.300 e. The number of hydrogen-bond donors (Lipinski definition) is 3. The standard InChI is InChI=1S/C29H26F2N4O4/c30-22-12-11-21(24(31)15-22)17-34-28(37)25-26(32)23-14-20(10-4-1-2-7-13-36)16-33-27(23)35(29(25)38)39-18-19-8-5-3-6-9-19/h3,5-6,8-9,11-12,14-16,36H,1-2,7,13,17-18,32H2,(H,34,37). The van der Waals surface area contributed by atoms with E-state index >= 15 is 0 Å². The van der Waals surface area contributed by atoms with Crippen molar-refractivity contribution in [2.24, 2.45) is 0 Å². The molecule has 2 aromatic carbocycles. The van der Waals surface area contributed by atoms with Gasteiger partial charge in [-0.25, -0.2) is 13.8 Å². The minimum Gasteiger partial charge on any atom is -0.404 e. The number of hydrogen-bond acceptors (Lipinski definition) is 6. The maximum atomic E-state index is 14.1. The molecule has 4 N–H and O–H groups in total. The first-order valence-corrected chi connectivity index (χ1v) is 12.2. The summed E-state index contributed by atoms with van der Waals surface area (Å²) in [5, 5.41) is 11.7. The number of nitrogens with zero attached hydrogens (tertiary/aromatic N) is 2. The highest BCUT2D eigenvalue weighted by molar-refractivity contribution is 6.05. The summed E-state index contributed by atoms with van der Waals surface area (Å²) in [7, 11) is 0. The lowest BCUT2D eigenvalue weighted by Crippen LogP contribution is -2.37. The number of halogens is 2. The number of nitrogens with one attached hydrogen (secondary N) is 1. The van der Waals surface area contributed by atoms with Crippen LogP contribution in [0.15, 0.2) is 65.6 Å². The van der Waals surface area contributed by atoms with Gasteiger partial charge in [-0.2, -0.15) is 0 Å². The van der Waals surface area contributed by atoms with E-state index in [0.717, 1.165) is 22.8 Å². The molecule has 10 heteroatoms. The Morgan fingerprint density at radius 2 is 1.92 bits per heavy atom. The quantitative estimate of drug-likeness (QED) is 0.225. The highest BCUT2D eigenvalue weighted by Gasteiger charge is 2.23. The van der Waals surface area contributed by atoms with Crippen LogP contribution in [0.5, 0.6) is 0 Å². The number of fused-ring (bicyclic) bond motifs is 1. The second-order valence-corrected chi connectivity index (χ2v) is 8.64. The third kappa shape index (κ3) is 6.58. The normalized spacial score (nSPS) is 10.6. The van der Waals surface area contributed by atoms with E-state index in [9.17, 15) is 18.4 Å². The van der Waals surface area contributed by atoms with Crippen LogP contribution in [-0.4, -0.2) is 27.3 Å². The van der Waals surface area contributed by atoms with Gasteiger partial charge in [-0.1, -0.05) is 48.2 Å². The molecule has 0 aliphatic heterocycles. The molecule has 0 unspecified atom stereocenters. The first-order chi connectivity index (χ1) is 18.9.